The molecule has 2 aliphatic rings. The van der Waals surface area contributed by atoms with Crippen LogP contribution in [0.15, 0.2) is 42.7 Å². The number of nitrogens with one attached hydrogen (secondary N) is 1. The van der Waals surface area contributed by atoms with Crippen molar-refractivity contribution in [2.24, 2.45) is 5.92 Å². The van der Waals surface area contributed by atoms with E-state index in [0.717, 1.165) is 31.6 Å². The van der Waals surface area contributed by atoms with Crippen molar-refractivity contribution in [3.05, 3.63) is 59.7 Å². The van der Waals surface area contributed by atoms with E-state index in [1.54, 1.807) is 12.4 Å². The van der Waals surface area contributed by atoms with Crippen LogP contribution < -0.4 is 5.43 Å². The Bertz CT molecular complexity index is 826. The van der Waals surface area contributed by atoms with Crippen molar-refractivity contribution in [1.29, 1.82) is 0 Å². The van der Waals surface area contributed by atoms with Crippen molar-refractivity contribution in [2.75, 3.05) is 6.54 Å². The molecule has 1 heterocycles. The third kappa shape index (κ3) is 5.94. The second-order valence-corrected chi connectivity index (χ2v) is 9.59. The van der Waals surface area contributed by atoms with Gasteiger partial charge >= 0.3 is 0 Å². The quantitative estimate of drug-likeness (QED) is 0.502. The van der Waals surface area contributed by atoms with Gasteiger partial charge in [-0.3, -0.25) is 9.80 Å². The highest BCUT2D eigenvalue weighted by Crippen LogP contribution is 2.30. The van der Waals surface area contributed by atoms with Crippen LogP contribution in [0.4, 0.5) is 0 Å². The van der Waals surface area contributed by atoms with E-state index in [-0.39, 0.29) is 11.9 Å². The van der Waals surface area contributed by atoms with Crippen molar-refractivity contribution in [2.45, 2.75) is 89.5 Å². The molecule has 0 saturated heterocycles. The van der Waals surface area contributed by atoms with Gasteiger partial charge in [0.1, 0.15) is 5.82 Å². The summed E-state index contributed by atoms with van der Waals surface area (Å²) in [5.41, 5.74) is 5.36. The third-order valence-corrected chi connectivity index (χ3v) is 7.22. The lowest BCUT2D eigenvalue weighted by Gasteiger charge is -2.33. The largest absolute Gasteiger partial charge is 0.273 e. The molecule has 1 atom stereocenters. The highest BCUT2D eigenvalue weighted by Gasteiger charge is 2.26. The van der Waals surface area contributed by atoms with Gasteiger partial charge in [-0.15, -0.1) is 0 Å². The molecule has 32 heavy (non-hydrogen) atoms. The van der Waals surface area contributed by atoms with Crippen LogP contribution in [0, 0.1) is 5.92 Å². The molecule has 4 rings (SSSR count). The van der Waals surface area contributed by atoms with E-state index in [9.17, 15) is 4.79 Å². The van der Waals surface area contributed by atoms with Crippen molar-refractivity contribution in [3.8, 4) is 0 Å². The molecule has 0 spiro atoms. The molecule has 1 aromatic carbocycles. The number of aromatic nitrogens is 2. The minimum atomic E-state index is -0.0138. The molecular weight excluding hydrogens is 396 g/mol. The van der Waals surface area contributed by atoms with E-state index < -0.39 is 0 Å². The molecule has 2 fully saturated rings. The Labute approximate surface area is 193 Å². The van der Waals surface area contributed by atoms with Gasteiger partial charge in [0.15, 0.2) is 0 Å². The Morgan fingerprint density at radius 3 is 2.22 bits per heavy atom. The van der Waals surface area contributed by atoms with Crippen LogP contribution in [0.25, 0.3) is 0 Å². The number of amides is 1. The third-order valence-electron chi connectivity index (χ3n) is 7.22. The van der Waals surface area contributed by atoms with E-state index in [2.05, 4.69) is 46.6 Å². The normalized spacial score (nSPS) is 18.9. The zero-order valence-corrected chi connectivity index (χ0v) is 19.5. The van der Waals surface area contributed by atoms with Gasteiger partial charge in [0.05, 0.1) is 11.6 Å². The molecule has 1 amide bonds. The van der Waals surface area contributed by atoms with Crippen LogP contribution in [0.2, 0.25) is 0 Å². The Morgan fingerprint density at radius 1 is 0.969 bits per heavy atom. The second-order valence-electron chi connectivity index (χ2n) is 9.59. The van der Waals surface area contributed by atoms with Crippen molar-refractivity contribution in [3.63, 3.8) is 0 Å². The zero-order valence-electron chi connectivity index (χ0n) is 19.5. The fourth-order valence-electron chi connectivity index (χ4n) is 5.27. The van der Waals surface area contributed by atoms with Crippen LogP contribution >= 0.6 is 0 Å². The average molecular weight is 435 g/mol. The fourth-order valence-corrected chi connectivity index (χ4v) is 5.27. The SMILES string of the molecule is CCC(NN(CC1CCCCC1)C(=O)c1cnc(C2CCCCC2)nc1)c1ccccc1. The van der Waals surface area contributed by atoms with Gasteiger partial charge in [-0.25, -0.2) is 15.4 Å². The van der Waals surface area contributed by atoms with Gasteiger partial charge in [0.2, 0.25) is 0 Å². The van der Waals surface area contributed by atoms with E-state index in [4.69, 9.17) is 0 Å². The highest BCUT2D eigenvalue weighted by atomic mass is 16.2. The molecule has 2 saturated carbocycles. The second kappa shape index (κ2) is 11.6. The minimum Gasteiger partial charge on any atom is -0.273 e. The van der Waals surface area contributed by atoms with Crippen LogP contribution in [0.5, 0.6) is 0 Å². The van der Waals surface area contributed by atoms with Crippen LogP contribution in [-0.2, 0) is 0 Å². The zero-order chi connectivity index (χ0) is 22.2. The van der Waals surface area contributed by atoms with E-state index in [1.165, 1.54) is 56.9 Å². The average Bonchev–Trinajstić information content (AvgIpc) is 2.88. The summed E-state index contributed by atoms with van der Waals surface area (Å²) in [6.45, 7) is 2.91. The number of nitrogens with zero attached hydrogens (tertiary/aromatic N) is 3. The maximum atomic E-state index is 13.6. The van der Waals surface area contributed by atoms with Gasteiger partial charge < -0.3 is 0 Å². The Hall–Kier alpha value is -2.27. The lowest BCUT2D eigenvalue weighted by Crippen LogP contribution is -2.47. The van der Waals surface area contributed by atoms with Crippen molar-refractivity contribution >= 4 is 5.91 Å². The first-order chi connectivity index (χ1) is 15.7. The molecule has 5 heteroatoms. The van der Waals surface area contributed by atoms with Crippen LogP contribution in [0.3, 0.4) is 0 Å². The Balaban J connectivity index is 1.50. The molecule has 2 aliphatic carbocycles. The van der Waals surface area contributed by atoms with E-state index >= 15 is 0 Å². The summed E-state index contributed by atoms with van der Waals surface area (Å²) < 4.78 is 0. The van der Waals surface area contributed by atoms with E-state index in [0.29, 0.717) is 17.4 Å². The van der Waals surface area contributed by atoms with Crippen LogP contribution in [-0.4, -0.2) is 27.4 Å². The molecule has 0 aliphatic heterocycles. The van der Waals surface area contributed by atoms with Crippen molar-refractivity contribution < 1.29 is 4.79 Å². The van der Waals surface area contributed by atoms with Gasteiger partial charge in [-0.2, -0.15) is 0 Å². The molecule has 1 aromatic heterocycles. The number of carbonyl (C=O) groups is 1. The first-order valence-corrected chi connectivity index (χ1v) is 12.7. The monoisotopic (exact) mass is 434 g/mol. The summed E-state index contributed by atoms with van der Waals surface area (Å²) in [4.78, 5) is 22.8. The highest BCUT2D eigenvalue weighted by molar-refractivity contribution is 5.93. The Morgan fingerprint density at radius 2 is 1.59 bits per heavy atom. The predicted molar refractivity (Wildman–Crippen MR) is 128 cm³/mol. The summed E-state index contributed by atoms with van der Waals surface area (Å²) >= 11 is 0. The molecule has 172 valence electrons. The molecular formula is C27H38N4O. The van der Waals surface area contributed by atoms with Gasteiger partial charge in [0.25, 0.3) is 5.91 Å². The molecule has 1 N–H and O–H groups in total. The topological polar surface area (TPSA) is 58.1 Å². The fraction of sp³-hybridized carbons (Fsp3) is 0.593. The number of hydrogen-bond donors (Lipinski definition) is 1. The number of hydrazine groups is 1. The van der Waals surface area contributed by atoms with Crippen LogP contribution in [0.1, 0.15) is 111 Å². The summed E-state index contributed by atoms with van der Waals surface area (Å²) in [5.74, 6) is 1.90. The van der Waals surface area contributed by atoms with Gasteiger partial charge in [0, 0.05) is 24.9 Å². The summed E-state index contributed by atoms with van der Waals surface area (Å²) in [5, 5.41) is 1.86. The number of carbonyl (C=O) groups excluding carboxylic acids is 1. The lowest BCUT2D eigenvalue weighted by atomic mass is 9.88. The molecule has 1 unspecified atom stereocenters. The smallest absolute Gasteiger partial charge is 0.271 e. The minimum absolute atomic E-state index is 0.0138. The molecule has 2 aromatic rings. The number of hydrogen-bond acceptors (Lipinski definition) is 4. The Kier molecular flexibility index (Phi) is 8.27. The van der Waals surface area contributed by atoms with E-state index in [1.807, 2.05) is 11.1 Å². The molecule has 5 nitrogen and oxygen atoms in total. The van der Waals surface area contributed by atoms with Gasteiger partial charge in [-0.1, -0.05) is 75.8 Å². The predicted octanol–water partition coefficient (Wildman–Crippen LogP) is 6.20. The van der Waals surface area contributed by atoms with Gasteiger partial charge in [-0.05, 0) is 43.6 Å². The maximum Gasteiger partial charge on any atom is 0.271 e. The maximum absolute atomic E-state index is 13.6. The molecule has 0 bridgehead atoms. The standard InChI is InChI=1S/C27H38N4O/c1-2-25(22-14-8-4-9-15-22)30-31(20-21-12-6-3-7-13-21)27(32)24-18-28-26(29-19-24)23-16-10-5-11-17-23/h4,8-9,14-15,18-19,21,23,25,30H,2-3,5-7,10-13,16-17,20H2,1H3. The molecule has 0 radical (unpaired) electrons. The summed E-state index contributed by atoms with van der Waals surface area (Å²) in [7, 11) is 0. The lowest BCUT2D eigenvalue weighted by molar-refractivity contribution is 0.0546. The number of rotatable bonds is 8. The van der Waals surface area contributed by atoms with Crippen molar-refractivity contribution in [1.82, 2.24) is 20.4 Å². The first kappa shape index (κ1) is 22.9. The number of benzene rings is 1. The summed E-state index contributed by atoms with van der Waals surface area (Å²) in [6.07, 6.45) is 16.8. The summed E-state index contributed by atoms with van der Waals surface area (Å²) in [6, 6.07) is 10.5. The first-order valence-electron chi connectivity index (χ1n) is 12.7.